The molecule has 0 radical (unpaired) electrons. The van der Waals surface area contributed by atoms with Crippen LogP contribution in [0, 0.1) is 13.8 Å². The number of nitrogens with two attached hydrogens (primary N) is 1. The highest BCUT2D eigenvalue weighted by atomic mass is 14.5. The Hall–Kier alpha value is -1.08. The minimum Gasteiger partial charge on any atom is -0.330 e. The molecule has 1 heteroatoms. The molecule has 0 heterocycles. The summed E-state index contributed by atoms with van der Waals surface area (Å²) in [5.41, 5.74) is 12.7. The summed E-state index contributed by atoms with van der Waals surface area (Å²) in [6, 6.07) is 4.67. The molecule has 1 rings (SSSR count). The Morgan fingerprint density at radius 3 is 2.11 bits per heavy atom. The molecule has 2 N–H and O–H groups in total. The quantitative estimate of drug-likeness (QED) is 0.776. The number of hydrogen-bond donors (Lipinski definition) is 1. The zero-order chi connectivity index (χ0) is 14.6. The Bertz CT molecular complexity index is 438. The molecule has 1 nitrogen and oxygen atoms in total. The highest BCUT2D eigenvalue weighted by molar-refractivity contribution is 5.70. The summed E-state index contributed by atoms with van der Waals surface area (Å²) in [7, 11) is 0. The van der Waals surface area contributed by atoms with Gasteiger partial charge in [-0.25, -0.2) is 0 Å². The molecule has 106 valence electrons. The van der Waals surface area contributed by atoms with E-state index in [1.165, 1.54) is 27.8 Å². The van der Waals surface area contributed by atoms with Gasteiger partial charge in [-0.05, 0) is 73.4 Å². The van der Waals surface area contributed by atoms with Crippen LogP contribution in [0.25, 0.3) is 5.57 Å². The van der Waals surface area contributed by atoms with Crippen LogP contribution in [-0.4, -0.2) is 6.54 Å². The molecule has 0 atom stereocenters. The fourth-order valence-electron chi connectivity index (χ4n) is 2.56. The van der Waals surface area contributed by atoms with Gasteiger partial charge in [0.2, 0.25) is 0 Å². The molecule has 0 unspecified atom stereocenters. The minimum absolute atomic E-state index is 0.214. The minimum atomic E-state index is 0.214. The summed E-state index contributed by atoms with van der Waals surface area (Å²) in [6.07, 6.45) is 4.46. The second-order valence-corrected chi connectivity index (χ2v) is 6.55. The Morgan fingerprint density at radius 1 is 1.16 bits per heavy atom. The monoisotopic (exact) mass is 259 g/mol. The van der Waals surface area contributed by atoms with E-state index >= 15 is 0 Å². The molecule has 1 aromatic rings. The molecule has 0 aliphatic heterocycles. The van der Waals surface area contributed by atoms with Crippen molar-refractivity contribution in [2.24, 2.45) is 5.73 Å². The van der Waals surface area contributed by atoms with E-state index in [4.69, 9.17) is 5.73 Å². The molecule has 0 aromatic heterocycles. The SMILES string of the molecule is C/C(=C\CCCN)c1c(C)cc(C(C)(C)C)cc1C. The van der Waals surface area contributed by atoms with Gasteiger partial charge in [0, 0.05) is 0 Å². The van der Waals surface area contributed by atoms with E-state index in [9.17, 15) is 0 Å². The maximum Gasteiger partial charge on any atom is -0.00743 e. The van der Waals surface area contributed by atoms with Gasteiger partial charge in [0.15, 0.2) is 0 Å². The van der Waals surface area contributed by atoms with Crippen LogP contribution in [-0.2, 0) is 5.41 Å². The van der Waals surface area contributed by atoms with Crippen molar-refractivity contribution in [2.75, 3.05) is 6.54 Å². The molecule has 0 aliphatic carbocycles. The molecular formula is C18H29N. The van der Waals surface area contributed by atoms with Crippen molar-refractivity contribution in [2.45, 2.75) is 59.8 Å². The van der Waals surface area contributed by atoms with Crippen LogP contribution in [0.4, 0.5) is 0 Å². The van der Waals surface area contributed by atoms with Gasteiger partial charge < -0.3 is 5.73 Å². The van der Waals surface area contributed by atoms with Crippen molar-refractivity contribution in [3.05, 3.63) is 40.5 Å². The normalized spacial score (nSPS) is 12.9. The number of allylic oxidation sites excluding steroid dienone is 2. The zero-order valence-corrected chi connectivity index (χ0v) is 13.4. The first-order chi connectivity index (χ1) is 8.77. The number of hydrogen-bond acceptors (Lipinski definition) is 1. The van der Waals surface area contributed by atoms with Crippen LogP contribution < -0.4 is 5.73 Å². The molecule has 0 saturated carbocycles. The summed E-state index contributed by atoms with van der Waals surface area (Å²) < 4.78 is 0. The Labute approximate surface area is 118 Å². The van der Waals surface area contributed by atoms with Gasteiger partial charge in [0.1, 0.15) is 0 Å². The predicted molar refractivity (Wildman–Crippen MR) is 86.6 cm³/mol. The predicted octanol–water partition coefficient (Wildman–Crippen LogP) is 4.74. The first-order valence-electron chi connectivity index (χ1n) is 7.26. The van der Waals surface area contributed by atoms with Gasteiger partial charge in [-0.2, -0.15) is 0 Å². The van der Waals surface area contributed by atoms with Gasteiger partial charge in [-0.3, -0.25) is 0 Å². The average Bonchev–Trinajstić information content (AvgIpc) is 2.27. The second-order valence-electron chi connectivity index (χ2n) is 6.55. The Kier molecular flexibility index (Phi) is 5.37. The van der Waals surface area contributed by atoms with Crippen molar-refractivity contribution < 1.29 is 0 Å². The molecular weight excluding hydrogens is 230 g/mol. The smallest absolute Gasteiger partial charge is 0.00743 e. The molecule has 0 aliphatic rings. The lowest BCUT2D eigenvalue weighted by Crippen LogP contribution is -2.12. The highest BCUT2D eigenvalue weighted by Crippen LogP contribution is 2.30. The lowest BCUT2D eigenvalue weighted by molar-refractivity contribution is 0.589. The molecule has 0 saturated heterocycles. The van der Waals surface area contributed by atoms with E-state index in [0.717, 1.165) is 19.4 Å². The van der Waals surface area contributed by atoms with Gasteiger partial charge in [-0.15, -0.1) is 0 Å². The summed E-state index contributed by atoms with van der Waals surface area (Å²) in [4.78, 5) is 0. The lowest BCUT2D eigenvalue weighted by atomic mass is 9.82. The summed E-state index contributed by atoms with van der Waals surface area (Å²) in [5, 5.41) is 0. The maximum absolute atomic E-state index is 5.55. The summed E-state index contributed by atoms with van der Waals surface area (Å²) >= 11 is 0. The molecule has 0 spiro atoms. The molecule has 0 fully saturated rings. The Morgan fingerprint density at radius 2 is 1.68 bits per heavy atom. The van der Waals surface area contributed by atoms with E-state index in [2.05, 4.69) is 59.8 Å². The van der Waals surface area contributed by atoms with Crippen LogP contribution in [0.3, 0.4) is 0 Å². The first-order valence-corrected chi connectivity index (χ1v) is 7.26. The van der Waals surface area contributed by atoms with Crippen molar-refractivity contribution in [3.63, 3.8) is 0 Å². The third-order valence-corrected chi connectivity index (χ3v) is 3.65. The average molecular weight is 259 g/mol. The van der Waals surface area contributed by atoms with E-state index in [1.807, 2.05) is 0 Å². The lowest BCUT2D eigenvalue weighted by Gasteiger charge is -2.22. The van der Waals surface area contributed by atoms with Gasteiger partial charge in [0.25, 0.3) is 0 Å². The van der Waals surface area contributed by atoms with Gasteiger partial charge >= 0.3 is 0 Å². The van der Waals surface area contributed by atoms with Crippen LogP contribution in [0.15, 0.2) is 18.2 Å². The van der Waals surface area contributed by atoms with Gasteiger partial charge in [-0.1, -0.05) is 39.0 Å². The molecule has 0 bridgehead atoms. The second kappa shape index (κ2) is 6.38. The third kappa shape index (κ3) is 4.21. The number of aryl methyl sites for hydroxylation is 2. The number of rotatable bonds is 4. The molecule has 0 amide bonds. The van der Waals surface area contributed by atoms with Crippen molar-refractivity contribution in [3.8, 4) is 0 Å². The summed E-state index contributed by atoms with van der Waals surface area (Å²) in [6.45, 7) is 14.2. The highest BCUT2D eigenvalue weighted by Gasteiger charge is 2.16. The molecule has 1 aromatic carbocycles. The largest absolute Gasteiger partial charge is 0.330 e. The van der Waals surface area contributed by atoms with Crippen LogP contribution in [0.5, 0.6) is 0 Å². The van der Waals surface area contributed by atoms with Crippen molar-refractivity contribution in [1.82, 2.24) is 0 Å². The van der Waals surface area contributed by atoms with Crippen LogP contribution >= 0.6 is 0 Å². The first kappa shape index (κ1) is 16.0. The van der Waals surface area contributed by atoms with Crippen LogP contribution in [0.2, 0.25) is 0 Å². The van der Waals surface area contributed by atoms with E-state index < -0.39 is 0 Å². The topological polar surface area (TPSA) is 26.0 Å². The van der Waals surface area contributed by atoms with Crippen LogP contribution in [0.1, 0.15) is 62.8 Å². The van der Waals surface area contributed by atoms with Gasteiger partial charge in [0.05, 0.1) is 0 Å². The summed E-state index contributed by atoms with van der Waals surface area (Å²) in [5.74, 6) is 0. The fraction of sp³-hybridized carbons (Fsp3) is 0.556. The Balaban J connectivity index is 3.14. The number of benzene rings is 1. The van der Waals surface area contributed by atoms with E-state index in [0.29, 0.717) is 0 Å². The number of unbranched alkanes of at least 4 members (excludes halogenated alkanes) is 1. The fourth-order valence-corrected chi connectivity index (χ4v) is 2.56. The third-order valence-electron chi connectivity index (χ3n) is 3.65. The van der Waals surface area contributed by atoms with E-state index in [-0.39, 0.29) is 5.41 Å². The molecule has 19 heavy (non-hydrogen) atoms. The van der Waals surface area contributed by atoms with E-state index in [1.54, 1.807) is 0 Å². The maximum atomic E-state index is 5.55. The zero-order valence-electron chi connectivity index (χ0n) is 13.4. The van der Waals surface area contributed by atoms with Crippen molar-refractivity contribution >= 4 is 5.57 Å². The van der Waals surface area contributed by atoms with Crippen molar-refractivity contribution in [1.29, 1.82) is 0 Å². The standard InChI is InChI=1S/C18H29N/c1-13(9-7-8-10-19)17-14(2)11-16(12-15(17)3)18(4,5)6/h9,11-12H,7-8,10,19H2,1-6H3/b13-9+.